The highest BCUT2D eigenvalue weighted by molar-refractivity contribution is 7.89. The topological polar surface area (TPSA) is 98.5 Å². The molecule has 0 aliphatic rings. The first-order valence-electron chi connectivity index (χ1n) is 4.43. The quantitative estimate of drug-likeness (QED) is 0.669. The number of carboxylic acids is 1. The zero-order valence-electron chi connectivity index (χ0n) is 8.51. The number of carboxylic acid groups (broad SMARTS) is 1. The third-order valence-corrected chi connectivity index (χ3v) is 3.74. The predicted molar refractivity (Wildman–Crippen MR) is 53.5 cm³/mol. The molecule has 0 aliphatic carbocycles. The molecular formula is C8H14N2O4S. The van der Waals surface area contributed by atoms with Crippen molar-refractivity contribution in [2.24, 2.45) is 0 Å². The number of sulfonamides is 1. The summed E-state index contributed by atoms with van der Waals surface area (Å²) in [7, 11) is -2.03. The SMILES string of the molecule is CN(CCC#N)S(=O)(=O)CCCC(=O)O. The molecule has 0 aromatic rings. The summed E-state index contributed by atoms with van der Waals surface area (Å²) < 4.78 is 24.0. The van der Waals surface area contributed by atoms with Crippen LogP contribution >= 0.6 is 0 Å². The van der Waals surface area contributed by atoms with Gasteiger partial charge in [0.25, 0.3) is 0 Å². The number of hydrogen-bond acceptors (Lipinski definition) is 4. The van der Waals surface area contributed by atoms with E-state index in [0.717, 1.165) is 4.31 Å². The highest BCUT2D eigenvalue weighted by Gasteiger charge is 2.17. The summed E-state index contributed by atoms with van der Waals surface area (Å²) in [6.45, 7) is 0.145. The van der Waals surface area contributed by atoms with Crippen LogP contribution in [-0.4, -0.2) is 43.1 Å². The number of carbonyl (C=O) groups is 1. The monoisotopic (exact) mass is 234 g/mol. The van der Waals surface area contributed by atoms with Crippen LogP contribution in [0.1, 0.15) is 19.3 Å². The molecule has 0 aliphatic heterocycles. The molecule has 6 nitrogen and oxygen atoms in total. The average molecular weight is 234 g/mol. The second kappa shape index (κ2) is 6.37. The lowest BCUT2D eigenvalue weighted by molar-refractivity contribution is -0.137. The molecule has 86 valence electrons. The molecule has 0 saturated carbocycles. The van der Waals surface area contributed by atoms with Gasteiger partial charge in [0.15, 0.2) is 0 Å². The summed E-state index contributed by atoms with van der Waals surface area (Å²) in [5, 5.41) is 16.6. The molecule has 15 heavy (non-hydrogen) atoms. The van der Waals surface area contributed by atoms with E-state index in [1.54, 1.807) is 0 Å². The van der Waals surface area contributed by atoms with Crippen molar-refractivity contribution in [3.8, 4) is 6.07 Å². The van der Waals surface area contributed by atoms with Crippen molar-refractivity contribution in [2.45, 2.75) is 19.3 Å². The fraction of sp³-hybridized carbons (Fsp3) is 0.750. The van der Waals surface area contributed by atoms with Crippen molar-refractivity contribution in [1.82, 2.24) is 4.31 Å². The van der Waals surface area contributed by atoms with Crippen LogP contribution in [0.2, 0.25) is 0 Å². The van der Waals surface area contributed by atoms with Crippen LogP contribution in [-0.2, 0) is 14.8 Å². The molecule has 1 N–H and O–H groups in total. The van der Waals surface area contributed by atoms with Gasteiger partial charge in [0.2, 0.25) is 10.0 Å². The molecule has 0 unspecified atom stereocenters. The Labute approximate surface area is 89.2 Å². The summed E-state index contributed by atoms with van der Waals surface area (Å²) in [5.74, 6) is -1.20. The summed E-state index contributed by atoms with van der Waals surface area (Å²) in [4.78, 5) is 10.2. The average Bonchev–Trinajstić information content (AvgIpc) is 2.13. The lowest BCUT2D eigenvalue weighted by Gasteiger charge is -2.14. The van der Waals surface area contributed by atoms with E-state index >= 15 is 0 Å². The van der Waals surface area contributed by atoms with E-state index in [2.05, 4.69) is 0 Å². The van der Waals surface area contributed by atoms with Crippen LogP contribution in [0.25, 0.3) is 0 Å². The Kier molecular flexibility index (Phi) is 5.89. The Morgan fingerprint density at radius 3 is 2.60 bits per heavy atom. The van der Waals surface area contributed by atoms with Crippen LogP contribution in [0.4, 0.5) is 0 Å². The molecular weight excluding hydrogens is 220 g/mol. The van der Waals surface area contributed by atoms with Crippen LogP contribution in [0.3, 0.4) is 0 Å². The van der Waals surface area contributed by atoms with Gasteiger partial charge in [-0.1, -0.05) is 0 Å². The van der Waals surface area contributed by atoms with E-state index in [-0.39, 0.29) is 31.6 Å². The number of aliphatic carboxylic acids is 1. The third-order valence-electron chi connectivity index (χ3n) is 1.81. The van der Waals surface area contributed by atoms with E-state index in [9.17, 15) is 13.2 Å². The standard InChI is InChI=1S/C8H14N2O4S/c1-10(6-3-5-9)15(13,14)7-2-4-8(11)12/h2-4,6-7H2,1H3,(H,11,12). The molecule has 0 bridgehead atoms. The Morgan fingerprint density at radius 2 is 2.13 bits per heavy atom. The zero-order valence-corrected chi connectivity index (χ0v) is 9.33. The molecule has 0 aromatic carbocycles. The van der Waals surface area contributed by atoms with Gasteiger partial charge in [0.05, 0.1) is 11.8 Å². The predicted octanol–water partition coefficient (Wildman–Crippen LogP) is 0.0265. The van der Waals surface area contributed by atoms with Gasteiger partial charge in [-0.2, -0.15) is 5.26 Å². The van der Waals surface area contributed by atoms with Gasteiger partial charge in [-0.05, 0) is 6.42 Å². The Hall–Kier alpha value is -1.13. The van der Waals surface area contributed by atoms with Gasteiger partial charge in [-0.3, -0.25) is 4.79 Å². The van der Waals surface area contributed by atoms with Gasteiger partial charge in [0, 0.05) is 26.4 Å². The second-order valence-electron chi connectivity index (χ2n) is 3.04. The van der Waals surface area contributed by atoms with Crippen molar-refractivity contribution in [3.05, 3.63) is 0 Å². The maximum absolute atomic E-state index is 11.4. The van der Waals surface area contributed by atoms with Gasteiger partial charge in [0.1, 0.15) is 0 Å². The van der Waals surface area contributed by atoms with Crippen LogP contribution in [0, 0.1) is 11.3 Å². The molecule has 0 spiro atoms. The molecule has 7 heteroatoms. The highest BCUT2D eigenvalue weighted by Crippen LogP contribution is 2.03. The Morgan fingerprint density at radius 1 is 1.53 bits per heavy atom. The van der Waals surface area contributed by atoms with Crippen LogP contribution < -0.4 is 0 Å². The van der Waals surface area contributed by atoms with Crippen LogP contribution in [0.15, 0.2) is 0 Å². The molecule has 0 rings (SSSR count). The number of nitrogens with zero attached hydrogens (tertiary/aromatic N) is 2. The molecule has 0 saturated heterocycles. The second-order valence-corrected chi connectivity index (χ2v) is 5.24. The molecule has 0 radical (unpaired) electrons. The van der Waals surface area contributed by atoms with E-state index in [1.165, 1.54) is 7.05 Å². The minimum absolute atomic E-state index is 0.0918. The first kappa shape index (κ1) is 13.9. The minimum Gasteiger partial charge on any atom is -0.481 e. The van der Waals surface area contributed by atoms with Gasteiger partial charge < -0.3 is 5.11 Å². The summed E-state index contributed by atoms with van der Waals surface area (Å²) in [6, 6.07) is 1.84. The fourth-order valence-corrected chi connectivity index (χ4v) is 2.10. The van der Waals surface area contributed by atoms with E-state index in [4.69, 9.17) is 10.4 Å². The Balaban J connectivity index is 4.07. The van der Waals surface area contributed by atoms with Gasteiger partial charge >= 0.3 is 5.97 Å². The number of rotatable bonds is 7. The molecule has 0 fully saturated rings. The normalized spacial score (nSPS) is 11.3. The van der Waals surface area contributed by atoms with Crippen molar-refractivity contribution in [1.29, 1.82) is 5.26 Å². The third kappa shape index (κ3) is 6.04. The molecule has 0 heterocycles. The maximum atomic E-state index is 11.4. The summed E-state index contributed by atoms with van der Waals surface area (Å²) in [6.07, 6.45) is 0.0640. The summed E-state index contributed by atoms with van der Waals surface area (Å²) >= 11 is 0. The number of hydrogen-bond donors (Lipinski definition) is 1. The van der Waals surface area contributed by atoms with E-state index < -0.39 is 16.0 Å². The maximum Gasteiger partial charge on any atom is 0.303 e. The van der Waals surface area contributed by atoms with Crippen molar-refractivity contribution in [2.75, 3.05) is 19.3 Å². The van der Waals surface area contributed by atoms with Gasteiger partial charge in [-0.15, -0.1) is 0 Å². The van der Waals surface area contributed by atoms with Crippen LogP contribution in [0.5, 0.6) is 0 Å². The van der Waals surface area contributed by atoms with Gasteiger partial charge in [-0.25, -0.2) is 12.7 Å². The zero-order chi connectivity index (χ0) is 11.9. The van der Waals surface area contributed by atoms with Crippen molar-refractivity contribution in [3.63, 3.8) is 0 Å². The smallest absolute Gasteiger partial charge is 0.303 e. The van der Waals surface area contributed by atoms with Crippen molar-refractivity contribution >= 4 is 16.0 Å². The number of nitriles is 1. The lowest BCUT2D eigenvalue weighted by atomic mass is 10.3. The lowest BCUT2D eigenvalue weighted by Crippen LogP contribution is -2.30. The van der Waals surface area contributed by atoms with E-state index in [1.807, 2.05) is 6.07 Å². The first-order chi connectivity index (χ1) is 6.90. The molecule has 0 amide bonds. The summed E-state index contributed by atoms with van der Waals surface area (Å²) in [5.41, 5.74) is 0. The first-order valence-corrected chi connectivity index (χ1v) is 6.04. The molecule has 0 aromatic heterocycles. The van der Waals surface area contributed by atoms with E-state index in [0.29, 0.717) is 0 Å². The molecule has 0 atom stereocenters. The highest BCUT2D eigenvalue weighted by atomic mass is 32.2. The van der Waals surface area contributed by atoms with Crippen molar-refractivity contribution < 1.29 is 18.3 Å². The minimum atomic E-state index is -3.41. The fourth-order valence-electron chi connectivity index (χ4n) is 0.908. The Bertz CT molecular complexity index is 344. The largest absolute Gasteiger partial charge is 0.481 e.